The standard InChI is InChI=1S/C13H10ClN3OS/c1-8-7-17-11(6-15-18)12(16-13(17)19-8)9-2-4-10(14)5-3-9/h2-7,18H,1H3/b15-6-. The largest absolute Gasteiger partial charge is 0.411 e. The van der Waals surface area contributed by atoms with Crippen LogP contribution in [0.1, 0.15) is 10.6 Å². The lowest BCUT2D eigenvalue weighted by Crippen LogP contribution is -1.91. The van der Waals surface area contributed by atoms with E-state index in [0.717, 1.165) is 26.8 Å². The van der Waals surface area contributed by atoms with E-state index in [0.29, 0.717) is 5.02 Å². The van der Waals surface area contributed by atoms with Crippen LogP contribution < -0.4 is 0 Å². The van der Waals surface area contributed by atoms with Crippen molar-refractivity contribution in [3.05, 3.63) is 46.1 Å². The first-order valence-electron chi connectivity index (χ1n) is 5.61. The number of rotatable bonds is 2. The number of fused-ring (bicyclic) bond motifs is 1. The third-order valence-electron chi connectivity index (χ3n) is 2.78. The van der Waals surface area contributed by atoms with Gasteiger partial charge in [-0.1, -0.05) is 28.9 Å². The van der Waals surface area contributed by atoms with Crippen LogP contribution in [0.4, 0.5) is 0 Å². The van der Waals surface area contributed by atoms with Crippen LogP contribution in [-0.2, 0) is 0 Å². The summed E-state index contributed by atoms with van der Waals surface area (Å²) in [5.74, 6) is 0. The summed E-state index contributed by atoms with van der Waals surface area (Å²) < 4.78 is 1.92. The lowest BCUT2D eigenvalue weighted by molar-refractivity contribution is 0.321. The average Bonchev–Trinajstić information content (AvgIpc) is 2.89. The highest BCUT2D eigenvalue weighted by molar-refractivity contribution is 7.17. The molecule has 0 radical (unpaired) electrons. The van der Waals surface area contributed by atoms with E-state index in [9.17, 15) is 0 Å². The van der Waals surface area contributed by atoms with Gasteiger partial charge in [-0.2, -0.15) is 0 Å². The molecule has 0 atom stereocenters. The van der Waals surface area contributed by atoms with Crippen LogP contribution in [0.3, 0.4) is 0 Å². The van der Waals surface area contributed by atoms with E-state index in [-0.39, 0.29) is 0 Å². The minimum absolute atomic E-state index is 0.679. The van der Waals surface area contributed by atoms with E-state index in [1.165, 1.54) is 6.21 Å². The van der Waals surface area contributed by atoms with E-state index in [4.69, 9.17) is 16.8 Å². The highest BCUT2D eigenvalue weighted by atomic mass is 35.5. The maximum absolute atomic E-state index is 8.83. The maximum atomic E-state index is 8.83. The summed E-state index contributed by atoms with van der Waals surface area (Å²) in [6.07, 6.45) is 3.37. The molecule has 0 saturated heterocycles. The van der Waals surface area contributed by atoms with Crippen molar-refractivity contribution in [3.8, 4) is 11.3 Å². The number of thiazole rings is 1. The molecule has 2 aromatic heterocycles. The quantitative estimate of drug-likeness (QED) is 0.443. The van der Waals surface area contributed by atoms with Crippen molar-refractivity contribution in [1.82, 2.24) is 9.38 Å². The van der Waals surface area contributed by atoms with Crippen LogP contribution in [0.2, 0.25) is 5.02 Å². The van der Waals surface area contributed by atoms with E-state index >= 15 is 0 Å². The zero-order valence-corrected chi connectivity index (χ0v) is 11.6. The lowest BCUT2D eigenvalue weighted by atomic mass is 10.1. The Hall–Kier alpha value is -1.85. The van der Waals surface area contributed by atoms with Gasteiger partial charge >= 0.3 is 0 Å². The molecule has 2 heterocycles. The van der Waals surface area contributed by atoms with Gasteiger partial charge in [-0.25, -0.2) is 4.98 Å². The molecule has 0 aliphatic heterocycles. The Labute approximate surface area is 118 Å². The Balaban J connectivity index is 2.25. The zero-order chi connectivity index (χ0) is 13.4. The van der Waals surface area contributed by atoms with Gasteiger partial charge in [-0.3, -0.25) is 4.40 Å². The second kappa shape index (κ2) is 4.68. The van der Waals surface area contributed by atoms with Crippen molar-refractivity contribution in [3.63, 3.8) is 0 Å². The molecule has 1 aromatic carbocycles. The average molecular weight is 292 g/mol. The number of nitrogens with zero attached hydrogens (tertiary/aromatic N) is 3. The highest BCUT2D eigenvalue weighted by Crippen LogP contribution is 2.28. The molecule has 96 valence electrons. The van der Waals surface area contributed by atoms with Crippen LogP contribution in [0, 0.1) is 6.92 Å². The molecule has 0 saturated carbocycles. The van der Waals surface area contributed by atoms with Crippen molar-refractivity contribution in [1.29, 1.82) is 0 Å². The summed E-state index contributed by atoms with van der Waals surface area (Å²) in [5.41, 5.74) is 2.47. The van der Waals surface area contributed by atoms with Crippen LogP contribution in [0.5, 0.6) is 0 Å². The molecule has 3 aromatic rings. The lowest BCUT2D eigenvalue weighted by Gasteiger charge is -1.99. The summed E-state index contributed by atoms with van der Waals surface area (Å²) >= 11 is 7.48. The van der Waals surface area contributed by atoms with Gasteiger partial charge in [0, 0.05) is 21.7 Å². The predicted octanol–water partition coefficient (Wildman–Crippen LogP) is 3.83. The Morgan fingerprint density at radius 3 is 2.79 bits per heavy atom. The van der Waals surface area contributed by atoms with Crippen LogP contribution in [0.25, 0.3) is 16.2 Å². The zero-order valence-electron chi connectivity index (χ0n) is 10.0. The van der Waals surface area contributed by atoms with Crippen LogP contribution >= 0.6 is 22.9 Å². The van der Waals surface area contributed by atoms with Crippen molar-refractivity contribution >= 4 is 34.1 Å². The molecule has 0 bridgehead atoms. The van der Waals surface area contributed by atoms with E-state index in [2.05, 4.69) is 10.1 Å². The Bertz CT molecular complexity index is 758. The molecule has 0 unspecified atom stereocenters. The fourth-order valence-corrected chi connectivity index (χ4v) is 2.93. The van der Waals surface area contributed by atoms with Gasteiger partial charge in [0.15, 0.2) is 4.96 Å². The molecule has 0 spiro atoms. The first-order valence-corrected chi connectivity index (χ1v) is 6.80. The number of imidazole rings is 1. The van der Waals surface area contributed by atoms with E-state index in [1.807, 2.05) is 41.8 Å². The molecule has 3 rings (SSSR count). The first-order chi connectivity index (χ1) is 9.19. The van der Waals surface area contributed by atoms with Gasteiger partial charge in [-0.15, -0.1) is 11.3 Å². The number of aryl methyl sites for hydroxylation is 1. The van der Waals surface area contributed by atoms with Gasteiger partial charge in [-0.05, 0) is 19.1 Å². The highest BCUT2D eigenvalue weighted by Gasteiger charge is 2.14. The molecular formula is C13H10ClN3OS. The number of benzene rings is 1. The Kier molecular flexibility index (Phi) is 3.00. The number of aromatic nitrogens is 2. The SMILES string of the molecule is Cc1cn2c(/C=N\O)c(-c3ccc(Cl)cc3)nc2s1. The monoisotopic (exact) mass is 291 g/mol. The van der Waals surface area contributed by atoms with Gasteiger partial charge in [0.1, 0.15) is 0 Å². The number of oxime groups is 1. The third-order valence-corrected chi connectivity index (χ3v) is 3.93. The Morgan fingerprint density at radius 1 is 1.37 bits per heavy atom. The molecular weight excluding hydrogens is 282 g/mol. The fourth-order valence-electron chi connectivity index (χ4n) is 1.97. The van der Waals surface area contributed by atoms with Crippen LogP contribution in [-0.4, -0.2) is 20.8 Å². The van der Waals surface area contributed by atoms with Gasteiger partial charge in [0.25, 0.3) is 0 Å². The van der Waals surface area contributed by atoms with E-state index in [1.54, 1.807) is 11.3 Å². The smallest absolute Gasteiger partial charge is 0.195 e. The van der Waals surface area contributed by atoms with Crippen molar-refractivity contribution < 1.29 is 5.21 Å². The third kappa shape index (κ3) is 2.11. The molecule has 0 fully saturated rings. The summed E-state index contributed by atoms with van der Waals surface area (Å²) in [6.45, 7) is 2.02. The molecule has 6 heteroatoms. The molecule has 19 heavy (non-hydrogen) atoms. The summed E-state index contributed by atoms with van der Waals surface area (Å²) in [4.78, 5) is 6.61. The Morgan fingerprint density at radius 2 is 2.11 bits per heavy atom. The number of halogens is 1. The van der Waals surface area contributed by atoms with Gasteiger partial charge < -0.3 is 5.21 Å². The molecule has 4 nitrogen and oxygen atoms in total. The fraction of sp³-hybridized carbons (Fsp3) is 0.0769. The second-order valence-corrected chi connectivity index (χ2v) is 5.74. The van der Waals surface area contributed by atoms with Gasteiger partial charge in [0.2, 0.25) is 0 Å². The topological polar surface area (TPSA) is 49.9 Å². The second-order valence-electron chi connectivity index (χ2n) is 4.09. The first kappa shape index (κ1) is 12.2. The van der Waals surface area contributed by atoms with Crippen molar-refractivity contribution in [2.24, 2.45) is 5.16 Å². The summed E-state index contributed by atoms with van der Waals surface area (Å²) in [7, 11) is 0. The number of hydrogen-bond acceptors (Lipinski definition) is 4. The molecule has 0 amide bonds. The molecule has 0 aliphatic carbocycles. The van der Waals surface area contributed by atoms with Crippen molar-refractivity contribution in [2.75, 3.05) is 0 Å². The molecule has 0 aliphatic rings. The van der Waals surface area contributed by atoms with E-state index < -0.39 is 0 Å². The van der Waals surface area contributed by atoms with Crippen molar-refractivity contribution in [2.45, 2.75) is 6.92 Å². The molecule has 1 N–H and O–H groups in total. The minimum Gasteiger partial charge on any atom is -0.411 e. The summed E-state index contributed by atoms with van der Waals surface area (Å²) in [5, 5.41) is 12.6. The number of hydrogen-bond donors (Lipinski definition) is 1. The minimum atomic E-state index is 0.679. The predicted molar refractivity (Wildman–Crippen MR) is 77.6 cm³/mol. The maximum Gasteiger partial charge on any atom is 0.195 e. The normalized spacial score (nSPS) is 11.7. The summed E-state index contributed by atoms with van der Waals surface area (Å²) in [6, 6.07) is 7.43. The van der Waals surface area contributed by atoms with Crippen LogP contribution in [0.15, 0.2) is 35.6 Å². The van der Waals surface area contributed by atoms with Gasteiger partial charge in [0.05, 0.1) is 17.6 Å².